The van der Waals surface area contributed by atoms with Crippen LogP contribution in [0.1, 0.15) is 0 Å². The minimum atomic E-state index is -0.629. The summed E-state index contributed by atoms with van der Waals surface area (Å²) in [5.41, 5.74) is 1.09. The number of carbonyl (C=O) groups excluding carboxylic acids is 1. The molecule has 0 fully saturated rings. The Morgan fingerprint density at radius 1 is 1.17 bits per heavy atom. The van der Waals surface area contributed by atoms with Crippen molar-refractivity contribution in [3.05, 3.63) is 75.9 Å². The van der Waals surface area contributed by atoms with E-state index in [1.54, 1.807) is 22.9 Å². The van der Waals surface area contributed by atoms with Gasteiger partial charge in [-0.3, -0.25) is 4.79 Å². The lowest BCUT2D eigenvalue weighted by molar-refractivity contribution is -0.116. The summed E-state index contributed by atoms with van der Waals surface area (Å²) in [5.74, 6) is -1.03. The molecule has 1 N–H and O–H groups in total. The first kappa shape index (κ1) is 20.2. The molecule has 30 heavy (non-hydrogen) atoms. The molecule has 6 nitrogen and oxygen atoms in total. The second-order valence-electron chi connectivity index (χ2n) is 6.25. The average Bonchev–Trinajstić information content (AvgIpc) is 3.35. The number of nitrogens with one attached hydrogen (secondary N) is 1. The van der Waals surface area contributed by atoms with E-state index in [1.165, 1.54) is 30.3 Å². The van der Waals surface area contributed by atoms with Gasteiger partial charge in [-0.15, -0.1) is 0 Å². The van der Waals surface area contributed by atoms with Gasteiger partial charge in [-0.1, -0.05) is 16.8 Å². The smallest absolute Gasteiger partial charge is 0.274 e. The number of benzene rings is 2. The number of hydrogen-bond acceptors (Lipinski definition) is 4. The Hall–Kier alpha value is -3.04. The molecule has 0 aliphatic rings. The molecule has 4 aromatic rings. The Morgan fingerprint density at radius 2 is 2.00 bits per heavy atom. The van der Waals surface area contributed by atoms with Crippen molar-refractivity contribution in [1.82, 2.24) is 14.7 Å². The summed E-state index contributed by atoms with van der Waals surface area (Å²) in [5, 5.41) is 6.65. The van der Waals surface area contributed by atoms with Crippen LogP contribution in [0.2, 0.25) is 5.02 Å². The van der Waals surface area contributed by atoms with Gasteiger partial charge in [-0.2, -0.15) is 4.98 Å². The molecule has 0 aliphatic carbocycles. The lowest BCUT2D eigenvalue weighted by Gasteiger charge is -2.09. The van der Waals surface area contributed by atoms with Gasteiger partial charge >= 0.3 is 0 Å². The average molecular weight is 494 g/mol. The molecule has 0 unspecified atom stereocenters. The van der Waals surface area contributed by atoms with Gasteiger partial charge in [0.25, 0.3) is 5.89 Å². The molecule has 0 bridgehead atoms. The zero-order chi connectivity index (χ0) is 21.3. The SMILES string of the molecule is O=C(Cn1cccc1-c1nc(-c2ccc(F)c(Br)c2)no1)Nc1ccc(Cl)cc1F. The number of hydrogen-bond donors (Lipinski definition) is 1. The molecule has 2 aromatic carbocycles. The number of anilines is 1. The Kier molecular flexibility index (Phi) is 5.65. The summed E-state index contributed by atoms with van der Waals surface area (Å²) in [6.45, 7) is -0.107. The summed E-state index contributed by atoms with van der Waals surface area (Å²) in [6.07, 6.45) is 1.66. The molecule has 152 valence electrons. The first-order chi connectivity index (χ1) is 14.4. The third kappa shape index (κ3) is 4.27. The fraction of sp³-hybridized carbons (Fsp3) is 0.0500. The highest BCUT2D eigenvalue weighted by Crippen LogP contribution is 2.26. The number of rotatable bonds is 5. The minimum Gasteiger partial charge on any atom is -0.334 e. The van der Waals surface area contributed by atoms with Gasteiger partial charge in [-0.25, -0.2) is 8.78 Å². The fourth-order valence-electron chi connectivity index (χ4n) is 2.76. The largest absolute Gasteiger partial charge is 0.334 e. The molecular weight excluding hydrogens is 482 g/mol. The Labute approximate surface area is 182 Å². The zero-order valence-electron chi connectivity index (χ0n) is 15.1. The van der Waals surface area contributed by atoms with Crippen LogP contribution in [0.15, 0.2) is 63.7 Å². The van der Waals surface area contributed by atoms with Gasteiger partial charge in [0, 0.05) is 16.8 Å². The number of amides is 1. The van der Waals surface area contributed by atoms with Crippen molar-refractivity contribution < 1.29 is 18.1 Å². The van der Waals surface area contributed by atoms with Crippen LogP contribution in [-0.4, -0.2) is 20.6 Å². The second kappa shape index (κ2) is 8.37. The van der Waals surface area contributed by atoms with Crippen LogP contribution >= 0.6 is 27.5 Å². The van der Waals surface area contributed by atoms with E-state index in [0.29, 0.717) is 11.3 Å². The quantitative estimate of drug-likeness (QED) is 0.396. The van der Waals surface area contributed by atoms with Crippen molar-refractivity contribution >= 4 is 39.1 Å². The Bertz CT molecular complexity index is 1240. The van der Waals surface area contributed by atoms with Crippen LogP contribution in [0.4, 0.5) is 14.5 Å². The third-order valence-electron chi connectivity index (χ3n) is 4.17. The maximum Gasteiger partial charge on any atom is 0.274 e. The summed E-state index contributed by atoms with van der Waals surface area (Å²) < 4.78 is 34.5. The molecule has 0 saturated carbocycles. The molecular formula is C20H12BrClF2N4O2. The summed E-state index contributed by atoms with van der Waals surface area (Å²) in [7, 11) is 0. The lowest BCUT2D eigenvalue weighted by Crippen LogP contribution is -2.19. The van der Waals surface area contributed by atoms with Crippen LogP contribution < -0.4 is 5.32 Å². The highest BCUT2D eigenvalue weighted by atomic mass is 79.9. The lowest BCUT2D eigenvalue weighted by atomic mass is 10.2. The van der Waals surface area contributed by atoms with E-state index in [2.05, 4.69) is 31.4 Å². The molecule has 0 radical (unpaired) electrons. The Morgan fingerprint density at radius 3 is 2.77 bits per heavy atom. The van der Waals surface area contributed by atoms with Crippen molar-refractivity contribution in [1.29, 1.82) is 0 Å². The molecule has 10 heteroatoms. The number of aromatic nitrogens is 3. The van der Waals surface area contributed by atoms with Crippen molar-refractivity contribution in [3.63, 3.8) is 0 Å². The maximum atomic E-state index is 13.9. The number of halogens is 4. The van der Waals surface area contributed by atoms with Crippen LogP contribution in [0.3, 0.4) is 0 Å². The molecule has 4 rings (SSSR count). The number of carbonyl (C=O) groups is 1. The van der Waals surface area contributed by atoms with Gasteiger partial charge in [-0.05, 0) is 64.5 Å². The van der Waals surface area contributed by atoms with E-state index in [-0.39, 0.29) is 33.4 Å². The van der Waals surface area contributed by atoms with Crippen LogP contribution in [0, 0.1) is 11.6 Å². The first-order valence-electron chi connectivity index (χ1n) is 8.60. The molecule has 0 aliphatic heterocycles. The van der Waals surface area contributed by atoms with Gasteiger partial charge in [0.05, 0.1) is 10.2 Å². The molecule has 2 heterocycles. The van der Waals surface area contributed by atoms with E-state index in [1.807, 2.05) is 0 Å². The van der Waals surface area contributed by atoms with E-state index in [9.17, 15) is 13.6 Å². The van der Waals surface area contributed by atoms with Gasteiger partial charge in [0.15, 0.2) is 0 Å². The van der Waals surface area contributed by atoms with E-state index in [0.717, 1.165) is 6.07 Å². The summed E-state index contributed by atoms with van der Waals surface area (Å²) >= 11 is 8.84. The highest BCUT2D eigenvalue weighted by molar-refractivity contribution is 9.10. The molecule has 0 spiro atoms. The van der Waals surface area contributed by atoms with Gasteiger partial charge in [0.2, 0.25) is 11.7 Å². The molecule has 0 atom stereocenters. The maximum absolute atomic E-state index is 13.9. The first-order valence-corrected chi connectivity index (χ1v) is 9.77. The van der Waals surface area contributed by atoms with Crippen LogP contribution in [0.25, 0.3) is 23.0 Å². The molecule has 1 amide bonds. The van der Waals surface area contributed by atoms with Gasteiger partial charge < -0.3 is 14.4 Å². The summed E-state index contributed by atoms with van der Waals surface area (Å²) in [6, 6.07) is 11.8. The highest BCUT2D eigenvalue weighted by Gasteiger charge is 2.17. The topological polar surface area (TPSA) is 73.0 Å². The fourth-order valence-corrected chi connectivity index (χ4v) is 3.30. The predicted molar refractivity (Wildman–Crippen MR) is 111 cm³/mol. The predicted octanol–water partition coefficient (Wildman–Crippen LogP) is 5.54. The van der Waals surface area contributed by atoms with Crippen molar-refractivity contribution in [2.45, 2.75) is 6.54 Å². The minimum absolute atomic E-state index is 0.0278. The van der Waals surface area contributed by atoms with Crippen LogP contribution in [-0.2, 0) is 11.3 Å². The van der Waals surface area contributed by atoms with Crippen molar-refractivity contribution in [2.24, 2.45) is 0 Å². The standard InChI is InChI=1S/C20H12BrClF2N4O2/c21-13-8-11(3-5-14(13)23)19-26-20(30-27-19)17-2-1-7-28(17)10-18(29)25-16-6-4-12(22)9-15(16)24/h1-9H,10H2,(H,25,29). The third-order valence-corrected chi connectivity index (χ3v) is 5.01. The van der Waals surface area contributed by atoms with Gasteiger partial charge in [0.1, 0.15) is 23.9 Å². The van der Waals surface area contributed by atoms with Crippen molar-refractivity contribution in [3.8, 4) is 23.0 Å². The summed E-state index contributed by atoms with van der Waals surface area (Å²) in [4.78, 5) is 16.7. The monoisotopic (exact) mass is 492 g/mol. The number of nitrogens with zero attached hydrogens (tertiary/aromatic N) is 3. The van der Waals surface area contributed by atoms with Crippen LogP contribution in [0.5, 0.6) is 0 Å². The Balaban J connectivity index is 1.53. The normalized spacial score (nSPS) is 10.9. The van der Waals surface area contributed by atoms with E-state index in [4.69, 9.17) is 16.1 Å². The van der Waals surface area contributed by atoms with Crippen molar-refractivity contribution in [2.75, 3.05) is 5.32 Å². The van der Waals surface area contributed by atoms with E-state index < -0.39 is 17.5 Å². The second-order valence-corrected chi connectivity index (χ2v) is 7.54. The molecule has 0 saturated heterocycles. The molecule has 2 aromatic heterocycles. The zero-order valence-corrected chi connectivity index (χ0v) is 17.4. The van der Waals surface area contributed by atoms with E-state index >= 15 is 0 Å².